The van der Waals surface area contributed by atoms with Gasteiger partial charge in [-0.05, 0) is 57.2 Å². The van der Waals surface area contributed by atoms with Crippen molar-refractivity contribution in [3.8, 4) is 11.5 Å². The lowest BCUT2D eigenvalue weighted by molar-refractivity contribution is 0.0283. The molecule has 3 heterocycles. The van der Waals surface area contributed by atoms with Crippen molar-refractivity contribution in [2.24, 2.45) is 4.99 Å². The molecular weight excluding hydrogens is 497 g/mol. The molecule has 0 spiro atoms. The fourth-order valence-electron chi connectivity index (χ4n) is 4.36. The molecule has 0 saturated carbocycles. The van der Waals surface area contributed by atoms with E-state index in [-0.39, 0.29) is 35.0 Å². The molecule has 1 unspecified atom stereocenters. The van der Waals surface area contributed by atoms with Crippen LogP contribution in [0.5, 0.6) is 11.5 Å². The van der Waals surface area contributed by atoms with Gasteiger partial charge in [0.2, 0.25) is 6.79 Å². The SMILES string of the molecule is CCNC(=NCC1(C)CCCO1)NCC1(c2ccc3c(c2)OCO3)CCOCC1.I. The number of rotatable bonds is 6. The Morgan fingerprint density at radius 1 is 1.07 bits per heavy atom. The largest absolute Gasteiger partial charge is 0.454 e. The molecule has 2 N–H and O–H groups in total. The molecule has 0 radical (unpaired) electrons. The Labute approximate surface area is 196 Å². The van der Waals surface area contributed by atoms with E-state index in [9.17, 15) is 0 Å². The molecule has 3 aliphatic heterocycles. The van der Waals surface area contributed by atoms with Gasteiger partial charge in [0.25, 0.3) is 0 Å². The number of benzene rings is 1. The molecule has 0 bridgehead atoms. The van der Waals surface area contributed by atoms with Crippen LogP contribution in [0, 0.1) is 0 Å². The molecule has 2 saturated heterocycles. The highest BCUT2D eigenvalue weighted by Gasteiger charge is 2.36. The molecule has 8 heteroatoms. The first-order chi connectivity index (χ1) is 14.1. The average Bonchev–Trinajstić information content (AvgIpc) is 3.39. The van der Waals surface area contributed by atoms with Crippen LogP contribution in [0.15, 0.2) is 23.2 Å². The molecule has 2 fully saturated rings. The number of hydrogen-bond donors (Lipinski definition) is 2. The molecule has 30 heavy (non-hydrogen) atoms. The normalized spacial score (nSPS) is 24.9. The first kappa shape index (κ1) is 23.4. The Kier molecular flexibility index (Phi) is 8.09. The van der Waals surface area contributed by atoms with Crippen LogP contribution >= 0.6 is 24.0 Å². The Morgan fingerprint density at radius 2 is 1.87 bits per heavy atom. The number of nitrogens with one attached hydrogen (secondary N) is 2. The Bertz CT molecular complexity index is 731. The van der Waals surface area contributed by atoms with Crippen LogP contribution in [0.1, 0.15) is 45.1 Å². The number of halogens is 1. The standard InChI is InChI=1S/C22H33N3O4.HI/c1-3-23-20(24-14-21(2)7-4-10-29-21)25-15-22(8-11-26-12-9-22)17-5-6-18-19(13-17)28-16-27-18;/h5-6,13H,3-4,7-12,14-16H2,1-2H3,(H2,23,24,25);1H. The lowest BCUT2D eigenvalue weighted by Gasteiger charge is -2.38. The van der Waals surface area contributed by atoms with Gasteiger partial charge in [-0.2, -0.15) is 0 Å². The van der Waals surface area contributed by atoms with Crippen LogP contribution in [0.25, 0.3) is 0 Å². The quantitative estimate of drug-likeness (QED) is 0.334. The minimum atomic E-state index is -0.143. The van der Waals surface area contributed by atoms with Gasteiger partial charge in [0.05, 0.1) is 12.1 Å². The zero-order valence-corrected chi connectivity index (χ0v) is 20.3. The predicted octanol–water partition coefficient (Wildman–Crippen LogP) is 3.21. The number of nitrogens with zero attached hydrogens (tertiary/aromatic N) is 1. The minimum Gasteiger partial charge on any atom is -0.454 e. The van der Waals surface area contributed by atoms with Gasteiger partial charge in [-0.15, -0.1) is 24.0 Å². The summed E-state index contributed by atoms with van der Waals surface area (Å²) < 4.78 is 22.7. The molecule has 1 aromatic rings. The Balaban J connectivity index is 0.00000256. The summed E-state index contributed by atoms with van der Waals surface area (Å²) in [5, 5.41) is 6.98. The van der Waals surface area contributed by atoms with Gasteiger partial charge in [-0.3, -0.25) is 4.99 Å². The van der Waals surface area contributed by atoms with Crippen molar-refractivity contribution in [2.45, 2.75) is 50.5 Å². The van der Waals surface area contributed by atoms with E-state index in [0.717, 1.165) is 76.1 Å². The van der Waals surface area contributed by atoms with Gasteiger partial charge in [0.1, 0.15) is 0 Å². The van der Waals surface area contributed by atoms with Crippen LogP contribution in [-0.4, -0.2) is 57.8 Å². The van der Waals surface area contributed by atoms with Crippen LogP contribution in [0.2, 0.25) is 0 Å². The second-order valence-electron chi connectivity index (χ2n) is 8.41. The molecule has 4 rings (SSSR count). The molecule has 0 aliphatic carbocycles. The fraction of sp³-hybridized carbons (Fsp3) is 0.682. The minimum absolute atomic E-state index is 0. The zero-order valence-electron chi connectivity index (χ0n) is 18.0. The molecule has 7 nitrogen and oxygen atoms in total. The van der Waals surface area contributed by atoms with E-state index in [1.165, 1.54) is 5.56 Å². The zero-order chi connectivity index (χ0) is 20.2. The summed E-state index contributed by atoms with van der Waals surface area (Å²) in [5.74, 6) is 2.50. The number of hydrogen-bond acceptors (Lipinski definition) is 5. The van der Waals surface area contributed by atoms with E-state index in [1.54, 1.807) is 0 Å². The Morgan fingerprint density at radius 3 is 2.60 bits per heavy atom. The van der Waals surface area contributed by atoms with E-state index in [4.69, 9.17) is 23.9 Å². The van der Waals surface area contributed by atoms with Gasteiger partial charge in [-0.25, -0.2) is 0 Å². The Hall–Kier alpha value is -1.26. The second kappa shape index (κ2) is 10.4. The van der Waals surface area contributed by atoms with Crippen molar-refractivity contribution in [1.82, 2.24) is 10.6 Å². The first-order valence-corrected chi connectivity index (χ1v) is 10.8. The molecule has 1 atom stereocenters. The fourth-order valence-corrected chi connectivity index (χ4v) is 4.36. The van der Waals surface area contributed by atoms with Gasteiger partial charge in [-0.1, -0.05) is 6.07 Å². The number of aliphatic imine (C=N–C) groups is 1. The van der Waals surface area contributed by atoms with Crippen molar-refractivity contribution < 1.29 is 18.9 Å². The maximum atomic E-state index is 5.89. The third-order valence-corrected chi connectivity index (χ3v) is 6.25. The van der Waals surface area contributed by atoms with E-state index in [1.807, 2.05) is 6.07 Å². The smallest absolute Gasteiger partial charge is 0.231 e. The molecule has 0 amide bonds. The average molecular weight is 531 g/mol. The van der Waals surface area contributed by atoms with Crippen LogP contribution < -0.4 is 20.1 Å². The van der Waals surface area contributed by atoms with Crippen molar-refractivity contribution in [1.29, 1.82) is 0 Å². The van der Waals surface area contributed by atoms with E-state index in [2.05, 4.69) is 36.6 Å². The van der Waals surface area contributed by atoms with Crippen LogP contribution in [0.3, 0.4) is 0 Å². The van der Waals surface area contributed by atoms with Crippen LogP contribution in [-0.2, 0) is 14.9 Å². The van der Waals surface area contributed by atoms with Crippen molar-refractivity contribution in [3.63, 3.8) is 0 Å². The van der Waals surface area contributed by atoms with Gasteiger partial charge >= 0.3 is 0 Å². The first-order valence-electron chi connectivity index (χ1n) is 10.8. The van der Waals surface area contributed by atoms with E-state index >= 15 is 0 Å². The molecule has 1 aromatic carbocycles. The highest BCUT2D eigenvalue weighted by molar-refractivity contribution is 14.0. The molecule has 0 aromatic heterocycles. The second-order valence-corrected chi connectivity index (χ2v) is 8.41. The highest BCUT2D eigenvalue weighted by atomic mass is 127. The van der Waals surface area contributed by atoms with E-state index < -0.39 is 0 Å². The van der Waals surface area contributed by atoms with Gasteiger partial charge < -0.3 is 29.6 Å². The van der Waals surface area contributed by atoms with Gasteiger partial charge in [0, 0.05) is 38.3 Å². The van der Waals surface area contributed by atoms with Crippen LogP contribution in [0.4, 0.5) is 0 Å². The summed E-state index contributed by atoms with van der Waals surface area (Å²) in [7, 11) is 0. The van der Waals surface area contributed by atoms with Crippen molar-refractivity contribution in [3.05, 3.63) is 23.8 Å². The predicted molar refractivity (Wildman–Crippen MR) is 127 cm³/mol. The molecule has 168 valence electrons. The topological polar surface area (TPSA) is 73.3 Å². The lowest BCUT2D eigenvalue weighted by atomic mass is 9.74. The third-order valence-electron chi connectivity index (χ3n) is 6.25. The van der Waals surface area contributed by atoms with Crippen molar-refractivity contribution >= 4 is 29.9 Å². The number of fused-ring (bicyclic) bond motifs is 1. The maximum absolute atomic E-state index is 5.89. The summed E-state index contributed by atoms with van der Waals surface area (Å²) in [6.07, 6.45) is 4.09. The van der Waals surface area contributed by atoms with E-state index in [0.29, 0.717) is 13.3 Å². The molecular formula is C22H34IN3O4. The summed E-state index contributed by atoms with van der Waals surface area (Å²) in [6.45, 7) is 9.18. The number of guanidine groups is 1. The number of ether oxygens (including phenoxy) is 4. The monoisotopic (exact) mass is 531 g/mol. The maximum Gasteiger partial charge on any atom is 0.231 e. The molecule has 3 aliphatic rings. The summed E-state index contributed by atoms with van der Waals surface area (Å²) >= 11 is 0. The van der Waals surface area contributed by atoms with Gasteiger partial charge in [0.15, 0.2) is 17.5 Å². The summed E-state index contributed by atoms with van der Waals surface area (Å²) in [6, 6.07) is 6.32. The summed E-state index contributed by atoms with van der Waals surface area (Å²) in [4.78, 5) is 4.83. The third kappa shape index (κ3) is 5.31. The summed E-state index contributed by atoms with van der Waals surface area (Å²) in [5.41, 5.74) is 1.10. The lowest BCUT2D eigenvalue weighted by Crippen LogP contribution is -2.48. The highest BCUT2D eigenvalue weighted by Crippen LogP contribution is 2.40. The van der Waals surface area contributed by atoms with Crippen molar-refractivity contribution in [2.75, 3.05) is 46.2 Å².